The summed E-state index contributed by atoms with van der Waals surface area (Å²) in [5, 5.41) is 2.87. The number of likely N-dealkylation sites (N-methyl/N-ethyl adjacent to an activating group) is 1. The van der Waals surface area contributed by atoms with E-state index in [1.54, 1.807) is 16.7 Å². The summed E-state index contributed by atoms with van der Waals surface area (Å²) in [6.07, 6.45) is 1.03. The second-order valence-corrected chi connectivity index (χ2v) is 7.72. The van der Waals surface area contributed by atoms with Crippen LogP contribution in [0.4, 0.5) is 0 Å². The van der Waals surface area contributed by atoms with E-state index >= 15 is 0 Å². The van der Waals surface area contributed by atoms with E-state index in [0.29, 0.717) is 25.9 Å². The maximum atomic E-state index is 13.0. The largest absolute Gasteiger partial charge is 0.355 e. The van der Waals surface area contributed by atoms with Gasteiger partial charge in [0.25, 0.3) is 0 Å². The third-order valence-corrected chi connectivity index (χ3v) is 5.53. The van der Waals surface area contributed by atoms with Crippen molar-refractivity contribution in [3.8, 4) is 0 Å². The summed E-state index contributed by atoms with van der Waals surface area (Å²) in [4.78, 5) is 27.3. The number of carbonyl (C=O) groups is 2. The summed E-state index contributed by atoms with van der Waals surface area (Å²) in [5.41, 5.74) is 2.30. The van der Waals surface area contributed by atoms with Gasteiger partial charge in [-0.2, -0.15) is 11.8 Å². The molecular weight excluding hydrogens is 368 g/mol. The highest BCUT2D eigenvalue weighted by Gasteiger charge is 2.27. The van der Waals surface area contributed by atoms with Gasteiger partial charge in [-0.25, -0.2) is 0 Å². The molecule has 28 heavy (non-hydrogen) atoms. The number of carbonyl (C=O) groups excluding carboxylic acids is 2. The smallest absolute Gasteiger partial charge is 0.242 e. The van der Waals surface area contributed by atoms with E-state index in [1.165, 1.54) is 5.56 Å². The summed E-state index contributed by atoms with van der Waals surface area (Å²) in [5.74, 6) is 1.58. The Bertz CT molecular complexity index is 722. The van der Waals surface area contributed by atoms with Crippen LogP contribution < -0.4 is 5.32 Å². The molecule has 0 aliphatic carbocycles. The lowest BCUT2D eigenvalue weighted by molar-refractivity contribution is -0.141. The maximum Gasteiger partial charge on any atom is 0.242 e. The molecule has 0 aromatic heterocycles. The van der Waals surface area contributed by atoms with E-state index in [9.17, 15) is 9.59 Å². The molecule has 1 atom stereocenters. The molecule has 0 aliphatic heterocycles. The van der Waals surface area contributed by atoms with Crippen LogP contribution in [0.5, 0.6) is 0 Å². The lowest BCUT2D eigenvalue weighted by atomic mass is 10.1. The quantitative estimate of drug-likeness (QED) is 0.576. The highest BCUT2D eigenvalue weighted by molar-refractivity contribution is 7.98. The first-order chi connectivity index (χ1) is 13.7. The van der Waals surface area contributed by atoms with Crippen molar-refractivity contribution < 1.29 is 9.59 Å². The summed E-state index contributed by atoms with van der Waals surface area (Å²) < 4.78 is 0. The minimum absolute atomic E-state index is 0.0301. The second kappa shape index (κ2) is 12.2. The van der Waals surface area contributed by atoms with Crippen LogP contribution >= 0.6 is 11.8 Å². The fraction of sp³-hybridized carbons (Fsp3) is 0.391. The standard InChI is InChI=1S/C23H30N2O2S/c1-3-21(23(27)24-4-2)25(17-19-11-7-5-8-12-19)22(26)15-16-28-18-20-13-9-6-10-14-20/h5-14,21H,3-4,15-18H2,1-2H3,(H,24,27). The highest BCUT2D eigenvalue weighted by atomic mass is 32.2. The third kappa shape index (κ3) is 7.04. The normalized spacial score (nSPS) is 11.6. The van der Waals surface area contributed by atoms with Gasteiger partial charge in [-0.1, -0.05) is 67.6 Å². The number of nitrogens with one attached hydrogen (secondary N) is 1. The molecule has 2 rings (SSSR count). The molecule has 4 nitrogen and oxygen atoms in total. The predicted octanol–water partition coefficient (Wildman–Crippen LogP) is 4.25. The molecule has 2 aromatic carbocycles. The van der Waals surface area contributed by atoms with E-state index in [4.69, 9.17) is 0 Å². The van der Waals surface area contributed by atoms with Crippen LogP contribution in [0.2, 0.25) is 0 Å². The first-order valence-electron chi connectivity index (χ1n) is 9.88. The first-order valence-corrected chi connectivity index (χ1v) is 11.0. The minimum atomic E-state index is -0.438. The lowest BCUT2D eigenvalue weighted by Gasteiger charge is -2.30. The summed E-state index contributed by atoms with van der Waals surface area (Å²) in [6.45, 7) is 4.87. The van der Waals surface area contributed by atoms with Gasteiger partial charge in [-0.15, -0.1) is 0 Å². The number of hydrogen-bond acceptors (Lipinski definition) is 3. The molecule has 0 bridgehead atoms. The fourth-order valence-electron chi connectivity index (χ4n) is 3.06. The van der Waals surface area contributed by atoms with Crippen LogP contribution in [0.1, 0.15) is 37.8 Å². The number of nitrogens with zero attached hydrogens (tertiary/aromatic N) is 1. The minimum Gasteiger partial charge on any atom is -0.355 e. The third-order valence-electron chi connectivity index (χ3n) is 4.50. The van der Waals surface area contributed by atoms with E-state index in [1.807, 2.05) is 62.4 Å². The van der Waals surface area contributed by atoms with Crippen LogP contribution in [-0.2, 0) is 21.9 Å². The highest BCUT2D eigenvalue weighted by Crippen LogP contribution is 2.17. The van der Waals surface area contributed by atoms with E-state index in [2.05, 4.69) is 17.4 Å². The van der Waals surface area contributed by atoms with E-state index in [-0.39, 0.29) is 11.8 Å². The van der Waals surface area contributed by atoms with Gasteiger partial charge in [-0.3, -0.25) is 9.59 Å². The number of amides is 2. The van der Waals surface area contributed by atoms with Gasteiger partial charge in [0.15, 0.2) is 0 Å². The van der Waals surface area contributed by atoms with Gasteiger partial charge in [0.2, 0.25) is 11.8 Å². The second-order valence-electron chi connectivity index (χ2n) is 6.61. The van der Waals surface area contributed by atoms with Gasteiger partial charge in [0, 0.05) is 31.0 Å². The molecule has 1 N–H and O–H groups in total. The Balaban J connectivity index is 1.99. The number of hydrogen-bond donors (Lipinski definition) is 1. The molecular formula is C23H30N2O2S. The van der Waals surface area contributed by atoms with Gasteiger partial charge in [0.05, 0.1) is 0 Å². The summed E-state index contributed by atoms with van der Waals surface area (Å²) >= 11 is 1.75. The Kier molecular flexibility index (Phi) is 9.63. The molecule has 0 fully saturated rings. The average Bonchev–Trinajstić information content (AvgIpc) is 2.72. The molecule has 0 saturated carbocycles. The SMILES string of the molecule is CCNC(=O)C(CC)N(Cc1ccccc1)C(=O)CCSCc1ccccc1. The number of rotatable bonds is 11. The predicted molar refractivity (Wildman–Crippen MR) is 117 cm³/mol. The first kappa shape index (κ1) is 22.0. The van der Waals surface area contributed by atoms with Crippen molar-refractivity contribution in [1.82, 2.24) is 10.2 Å². The fourth-order valence-corrected chi connectivity index (χ4v) is 3.95. The van der Waals surface area contributed by atoms with Crippen molar-refractivity contribution >= 4 is 23.6 Å². The van der Waals surface area contributed by atoms with Crippen molar-refractivity contribution in [2.45, 2.75) is 45.0 Å². The molecule has 0 aliphatic rings. The molecule has 0 spiro atoms. The molecule has 0 heterocycles. The zero-order valence-corrected chi connectivity index (χ0v) is 17.6. The Morgan fingerprint density at radius 2 is 1.57 bits per heavy atom. The number of benzene rings is 2. The zero-order chi connectivity index (χ0) is 20.2. The molecule has 0 radical (unpaired) electrons. The molecule has 2 aromatic rings. The van der Waals surface area contributed by atoms with Crippen LogP contribution in [0.15, 0.2) is 60.7 Å². The van der Waals surface area contributed by atoms with E-state index < -0.39 is 6.04 Å². The molecule has 0 saturated heterocycles. The monoisotopic (exact) mass is 398 g/mol. The van der Waals surface area contributed by atoms with Crippen LogP contribution in [0, 0.1) is 0 Å². The van der Waals surface area contributed by atoms with Crippen molar-refractivity contribution in [3.05, 3.63) is 71.8 Å². The Hall–Kier alpha value is -2.27. The van der Waals surface area contributed by atoms with Crippen LogP contribution in [-0.4, -0.2) is 35.1 Å². The van der Waals surface area contributed by atoms with Gasteiger partial charge in [0.1, 0.15) is 6.04 Å². The topological polar surface area (TPSA) is 49.4 Å². The number of thioether (sulfide) groups is 1. The zero-order valence-electron chi connectivity index (χ0n) is 16.8. The van der Waals surface area contributed by atoms with Crippen molar-refractivity contribution in [2.75, 3.05) is 12.3 Å². The van der Waals surface area contributed by atoms with E-state index in [0.717, 1.165) is 17.1 Å². The molecule has 2 amide bonds. The molecule has 1 unspecified atom stereocenters. The Morgan fingerprint density at radius 3 is 2.14 bits per heavy atom. The van der Waals surface area contributed by atoms with Gasteiger partial charge < -0.3 is 10.2 Å². The van der Waals surface area contributed by atoms with Crippen LogP contribution in [0.3, 0.4) is 0 Å². The van der Waals surface area contributed by atoms with Crippen LogP contribution in [0.25, 0.3) is 0 Å². The van der Waals surface area contributed by atoms with Crippen molar-refractivity contribution in [3.63, 3.8) is 0 Å². The lowest BCUT2D eigenvalue weighted by Crippen LogP contribution is -2.49. The maximum absolute atomic E-state index is 13.0. The molecule has 5 heteroatoms. The average molecular weight is 399 g/mol. The van der Waals surface area contributed by atoms with Gasteiger partial charge >= 0.3 is 0 Å². The van der Waals surface area contributed by atoms with Crippen molar-refractivity contribution in [2.24, 2.45) is 0 Å². The Morgan fingerprint density at radius 1 is 0.964 bits per heavy atom. The summed E-state index contributed by atoms with van der Waals surface area (Å²) in [6, 6.07) is 19.7. The molecule has 150 valence electrons. The van der Waals surface area contributed by atoms with Gasteiger partial charge in [-0.05, 0) is 24.5 Å². The van der Waals surface area contributed by atoms with Crippen molar-refractivity contribution in [1.29, 1.82) is 0 Å². The Labute approximate surface area is 172 Å². The summed E-state index contributed by atoms with van der Waals surface area (Å²) in [7, 11) is 0.